The molecule has 0 heterocycles. The molecule has 0 aliphatic heterocycles. The van der Waals surface area contributed by atoms with Gasteiger partial charge in [0.05, 0.1) is 11.8 Å². The quantitative estimate of drug-likeness (QED) is 0.723. The maximum absolute atomic E-state index is 12.4. The molecule has 104 valence electrons. The van der Waals surface area contributed by atoms with Crippen molar-refractivity contribution in [2.45, 2.75) is 12.8 Å². The highest BCUT2D eigenvalue weighted by atomic mass is 19.4. The van der Waals surface area contributed by atoms with Gasteiger partial charge in [-0.3, -0.25) is 0 Å². The number of alkyl halides is 3. The largest absolute Gasteiger partial charge is 0.496 e. The number of hydrogen-bond donors (Lipinski definition) is 0. The van der Waals surface area contributed by atoms with Gasteiger partial charge in [-0.05, 0) is 29.3 Å². The first-order valence-electron chi connectivity index (χ1n) is 6.05. The Kier molecular flexibility index (Phi) is 4.45. The average Bonchev–Trinajstić information content (AvgIpc) is 2.44. The van der Waals surface area contributed by atoms with E-state index in [-0.39, 0.29) is 6.61 Å². The summed E-state index contributed by atoms with van der Waals surface area (Å²) in [6, 6.07) is 14.5. The summed E-state index contributed by atoms with van der Waals surface area (Å²) in [7, 11) is 0. The fraction of sp³-hybridized carbons (Fsp3) is 0.125. The lowest BCUT2D eigenvalue weighted by Gasteiger charge is -2.07. The van der Waals surface area contributed by atoms with Crippen molar-refractivity contribution in [1.29, 1.82) is 0 Å². The van der Waals surface area contributed by atoms with E-state index in [1.807, 2.05) is 30.3 Å². The Morgan fingerprint density at radius 3 is 2.15 bits per heavy atom. The second-order valence-electron chi connectivity index (χ2n) is 4.22. The summed E-state index contributed by atoms with van der Waals surface area (Å²) in [5, 5.41) is 0. The molecule has 20 heavy (non-hydrogen) atoms. The fourth-order valence-corrected chi connectivity index (χ4v) is 1.63. The van der Waals surface area contributed by atoms with Gasteiger partial charge >= 0.3 is 6.18 Å². The summed E-state index contributed by atoms with van der Waals surface area (Å²) in [4.78, 5) is 0. The van der Waals surface area contributed by atoms with E-state index in [0.717, 1.165) is 17.7 Å². The van der Waals surface area contributed by atoms with Crippen molar-refractivity contribution in [2.75, 3.05) is 0 Å². The molecule has 2 rings (SSSR count). The third kappa shape index (κ3) is 4.16. The molecule has 0 aliphatic rings. The lowest BCUT2D eigenvalue weighted by Crippen LogP contribution is -2.04. The van der Waals surface area contributed by atoms with Crippen molar-refractivity contribution in [3.63, 3.8) is 0 Å². The molecular formula is C16H13F3O. The van der Waals surface area contributed by atoms with Crippen LogP contribution >= 0.6 is 0 Å². The average molecular weight is 278 g/mol. The summed E-state index contributed by atoms with van der Waals surface area (Å²) < 4.78 is 42.4. The number of halogens is 3. The summed E-state index contributed by atoms with van der Waals surface area (Å²) in [5.41, 5.74) is 1.04. The van der Waals surface area contributed by atoms with Crippen molar-refractivity contribution in [1.82, 2.24) is 0 Å². The number of ether oxygens (including phenoxy) is 1. The second-order valence-corrected chi connectivity index (χ2v) is 4.22. The van der Waals surface area contributed by atoms with Gasteiger partial charge in [-0.15, -0.1) is 0 Å². The van der Waals surface area contributed by atoms with Crippen LogP contribution < -0.4 is 0 Å². The van der Waals surface area contributed by atoms with Crippen molar-refractivity contribution < 1.29 is 17.9 Å². The molecule has 0 aromatic heterocycles. The SMILES string of the molecule is FC(F)(F)c1ccc(COC=Cc2ccccc2)cc1. The van der Waals surface area contributed by atoms with Gasteiger partial charge in [0.1, 0.15) is 6.61 Å². The van der Waals surface area contributed by atoms with Crippen LogP contribution in [-0.2, 0) is 17.5 Å². The minimum absolute atomic E-state index is 0.238. The van der Waals surface area contributed by atoms with E-state index in [4.69, 9.17) is 4.74 Å². The zero-order chi connectivity index (χ0) is 14.4. The van der Waals surface area contributed by atoms with E-state index in [2.05, 4.69) is 0 Å². The number of benzene rings is 2. The standard InChI is InChI=1S/C16H13F3O/c17-16(18,19)15-8-6-14(7-9-15)12-20-11-10-13-4-2-1-3-5-13/h1-11H,12H2. The van der Waals surface area contributed by atoms with Gasteiger partial charge in [-0.25, -0.2) is 0 Å². The molecule has 0 bridgehead atoms. The molecule has 2 aromatic carbocycles. The third-order valence-corrected chi connectivity index (χ3v) is 2.69. The van der Waals surface area contributed by atoms with Crippen molar-refractivity contribution >= 4 is 6.08 Å². The zero-order valence-electron chi connectivity index (χ0n) is 10.6. The highest BCUT2D eigenvalue weighted by Gasteiger charge is 2.29. The van der Waals surface area contributed by atoms with Gasteiger partial charge in [0.25, 0.3) is 0 Å². The maximum atomic E-state index is 12.4. The predicted molar refractivity (Wildman–Crippen MR) is 71.7 cm³/mol. The van der Waals surface area contributed by atoms with Crippen LogP contribution in [0.4, 0.5) is 13.2 Å². The molecule has 0 saturated carbocycles. The van der Waals surface area contributed by atoms with E-state index in [1.165, 1.54) is 18.4 Å². The van der Waals surface area contributed by atoms with Gasteiger partial charge in [-0.2, -0.15) is 13.2 Å². The predicted octanol–water partition coefficient (Wildman–Crippen LogP) is 4.89. The highest BCUT2D eigenvalue weighted by molar-refractivity contribution is 5.47. The van der Waals surface area contributed by atoms with Crippen LogP contribution in [0, 0.1) is 0 Å². The Balaban J connectivity index is 1.87. The van der Waals surface area contributed by atoms with E-state index >= 15 is 0 Å². The van der Waals surface area contributed by atoms with E-state index in [9.17, 15) is 13.2 Å². The first-order valence-corrected chi connectivity index (χ1v) is 6.05. The molecule has 1 nitrogen and oxygen atoms in total. The third-order valence-electron chi connectivity index (χ3n) is 2.69. The molecule has 0 saturated heterocycles. The van der Waals surface area contributed by atoms with Crippen LogP contribution in [0.1, 0.15) is 16.7 Å². The van der Waals surface area contributed by atoms with Crippen LogP contribution in [0.15, 0.2) is 60.9 Å². The fourth-order valence-electron chi connectivity index (χ4n) is 1.63. The maximum Gasteiger partial charge on any atom is 0.416 e. The Morgan fingerprint density at radius 1 is 0.900 bits per heavy atom. The molecule has 0 radical (unpaired) electrons. The van der Waals surface area contributed by atoms with E-state index < -0.39 is 11.7 Å². The van der Waals surface area contributed by atoms with Crippen LogP contribution in [-0.4, -0.2) is 0 Å². The molecule has 0 N–H and O–H groups in total. The molecule has 0 fully saturated rings. The molecule has 0 atom stereocenters. The second kappa shape index (κ2) is 6.28. The Morgan fingerprint density at radius 2 is 1.55 bits per heavy atom. The topological polar surface area (TPSA) is 9.23 Å². The van der Waals surface area contributed by atoms with Gasteiger partial charge < -0.3 is 4.74 Å². The number of hydrogen-bond acceptors (Lipinski definition) is 1. The molecule has 2 aromatic rings. The van der Waals surface area contributed by atoms with E-state index in [0.29, 0.717) is 5.56 Å². The summed E-state index contributed by atoms with van der Waals surface area (Å²) in [6.07, 6.45) is -0.969. The summed E-state index contributed by atoms with van der Waals surface area (Å²) >= 11 is 0. The lowest BCUT2D eigenvalue weighted by molar-refractivity contribution is -0.137. The van der Waals surface area contributed by atoms with Crippen LogP contribution in [0.5, 0.6) is 0 Å². The lowest BCUT2D eigenvalue weighted by atomic mass is 10.1. The Hall–Kier alpha value is -2.23. The van der Waals surface area contributed by atoms with Crippen LogP contribution in [0.3, 0.4) is 0 Å². The molecule has 0 aliphatic carbocycles. The van der Waals surface area contributed by atoms with Gasteiger partial charge in [0, 0.05) is 0 Å². The zero-order valence-corrected chi connectivity index (χ0v) is 10.6. The van der Waals surface area contributed by atoms with Gasteiger partial charge in [0.2, 0.25) is 0 Å². The molecule has 0 spiro atoms. The van der Waals surface area contributed by atoms with E-state index in [1.54, 1.807) is 6.08 Å². The monoisotopic (exact) mass is 278 g/mol. The summed E-state index contributed by atoms with van der Waals surface area (Å²) in [5.74, 6) is 0. The minimum atomic E-state index is -4.30. The van der Waals surface area contributed by atoms with Crippen LogP contribution in [0.25, 0.3) is 6.08 Å². The molecule has 4 heteroatoms. The first-order chi connectivity index (χ1) is 9.55. The summed E-state index contributed by atoms with van der Waals surface area (Å²) in [6.45, 7) is 0.238. The van der Waals surface area contributed by atoms with Crippen molar-refractivity contribution in [2.24, 2.45) is 0 Å². The van der Waals surface area contributed by atoms with Crippen molar-refractivity contribution in [3.05, 3.63) is 77.5 Å². The molecular weight excluding hydrogens is 265 g/mol. The normalized spacial score (nSPS) is 11.8. The molecule has 0 unspecified atom stereocenters. The molecule has 0 amide bonds. The van der Waals surface area contributed by atoms with Crippen molar-refractivity contribution in [3.8, 4) is 0 Å². The smallest absolute Gasteiger partial charge is 0.416 e. The number of rotatable bonds is 4. The first kappa shape index (κ1) is 14.2. The van der Waals surface area contributed by atoms with Gasteiger partial charge in [0.15, 0.2) is 0 Å². The highest BCUT2D eigenvalue weighted by Crippen LogP contribution is 2.29. The van der Waals surface area contributed by atoms with Crippen LogP contribution in [0.2, 0.25) is 0 Å². The Bertz CT molecular complexity index is 557. The Labute approximate surface area is 115 Å². The minimum Gasteiger partial charge on any atom is -0.496 e. The van der Waals surface area contributed by atoms with Gasteiger partial charge in [-0.1, -0.05) is 42.5 Å².